The fourth-order valence-electron chi connectivity index (χ4n) is 2.62. The van der Waals surface area contributed by atoms with Crippen molar-refractivity contribution in [3.63, 3.8) is 0 Å². The molecule has 0 saturated heterocycles. The third kappa shape index (κ3) is 4.18. The van der Waals surface area contributed by atoms with Gasteiger partial charge >= 0.3 is 0 Å². The predicted molar refractivity (Wildman–Crippen MR) is 116 cm³/mol. The molecule has 1 heterocycles. The minimum atomic E-state index is -0.505. The van der Waals surface area contributed by atoms with E-state index in [9.17, 15) is 9.90 Å². The lowest BCUT2D eigenvalue weighted by atomic mass is 10.2. The first-order valence-corrected chi connectivity index (χ1v) is 10.2. The van der Waals surface area contributed by atoms with Crippen LogP contribution in [0, 0.1) is 4.77 Å². The first kappa shape index (κ1) is 19.9. The van der Waals surface area contributed by atoms with E-state index in [0.717, 1.165) is 4.90 Å². The molecule has 0 amide bonds. The average Bonchev–Trinajstić information content (AvgIpc) is 2.69. The van der Waals surface area contributed by atoms with E-state index in [4.69, 9.17) is 17.0 Å². The van der Waals surface area contributed by atoms with E-state index < -0.39 is 5.56 Å². The molecule has 0 spiro atoms. The Labute approximate surface area is 171 Å². The van der Waals surface area contributed by atoms with Crippen LogP contribution in [0.25, 0.3) is 5.69 Å². The van der Waals surface area contributed by atoms with Gasteiger partial charge in [-0.1, -0.05) is 12.1 Å². The van der Waals surface area contributed by atoms with Crippen molar-refractivity contribution >= 4 is 35.9 Å². The molecule has 2 N–H and O–H groups in total. The van der Waals surface area contributed by atoms with Gasteiger partial charge in [0, 0.05) is 11.1 Å². The SMILES string of the molecule is CCOc1ccc(-n2c(O)c(C=Nc3ccccc3SC)c(=O)[nH]c2=S)cc1. The summed E-state index contributed by atoms with van der Waals surface area (Å²) in [6.45, 7) is 2.46. The zero-order valence-electron chi connectivity index (χ0n) is 15.4. The Bertz CT molecular complexity index is 1120. The van der Waals surface area contributed by atoms with E-state index in [2.05, 4.69) is 9.98 Å². The van der Waals surface area contributed by atoms with E-state index in [-0.39, 0.29) is 16.2 Å². The first-order chi connectivity index (χ1) is 13.5. The van der Waals surface area contributed by atoms with Crippen LogP contribution in [0.2, 0.25) is 0 Å². The third-order valence-corrected chi connectivity index (χ3v) is 5.01. The van der Waals surface area contributed by atoms with Gasteiger partial charge in [0.2, 0.25) is 5.88 Å². The molecule has 0 unspecified atom stereocenters. The molecule has 6 nitrogen and oxygen atoms in total. The number of hydrogen-bond acceptors (Lipinski definition) is 6. The molecule has 144 valence electrons. The van der Waals surface area contributed by atoms with Gasteiger partial charge in [-0.3, -0.25) is 19.3 Å². The van der Waals surface area contributed by atoms with Gasteiger partial charge in [-0.05, 0) is 61.8 Å². The van der Waals surface area contributed by atoms with Crippen LogP contribution in [0.3, 0.4) is 0 Å². The van der Waals surface area contributed by atoms with Gasteiger partial charge in [0.25, 0.3) is 5.56 Å². The number of aliphatic imine (C=N–C) groups is 1. The van der Waals surface area contributed by atoms with Crippen LogP contribution in [0.15, 0.2) is 63.2 Å². The molecule has 3 rings (SSSR count). The topological polar surface area (TPSA) is 79.6 Å². The number of rotatable bonds is 6. The molecule has 8 heteroatoms. The van der Waals surface area contributed by atoms with Crippen molar-refractivity contribution in [3.05, 3.63) is 69.2 Å². The summed E-state index contributed by atoms with van der Waals surface area (Å²) in [5.74, 6) is 0.431. The number of aromatic nitrogens is 2. The van der Waals surface area contributed by atoms with E-state index in [1.165, 1.54) is 10.8 Å². The summed E-state index contributed by atoms with van der Waals surface area (Å²) < 4.78 is 6.90. The molecule has 0 aliphatic carbocycles. The second-order valence-electron chi connectivity index (χ2n) is 5.69. The fraction of sp³-hybridized carbons (Fsp3) is 0.150. The Balaban J connectivity index is 2.06. The molecule has 2 aromatic carbocycles. The smallest absolute Gasteiger partial charge is 0.264 e. The minimum absolute atomic E-state index is 0.0263. The van der Waals surface area contributed by atoms with Crippen molar-refractivity contribution in [2.24, 2.45) is 4.99 Å². The highest BCUT2D eigenvalue weighted by atomic mass is 32.2. The molecule has 0 saturated carbocycles. The lowest BCUT2D eigenvalue weighted by molar-refractivity contribution is 0.340. The van der Waals surface area contributed by atoms with Crippen LogP contribution >= 0.6 is 24.0 Å². The number of para-hydroxylation sites is 1. The first-order valence-electron chi connectivity index (χ1n) is 8.53. The summed E-state index contributed by atoms with van der Waals surface area (Å²) in [4.78, 5) is 20.3. The molecule has 3 aromatic rings. The summed E-state index contributed by atoms with van der Waals surface area (Å²) in [5, 5.41) is 10.7. The molecule has 0 aliphatic heterocycles. The summed E-state index contributed by atoms with van der Waals surface area (Å²) in [7, 11) is 0. The monoisotopic (exact) mass is 413 g/mol. The molecule has 28 heavy (non-hydrogen) atoms. The predicted octanol–water partition coefficient (Wildman–Crippen LogP) is 4.47. The Morgan fingerprint density at radius 2 is 1.96 bits per heavy atom. The normalized spacial score (nSPS) is 11.1. The van der Waals surface area contributed by atoms with Gasteiger partial charge < -0.3 is 9.84 Å². The Morgan fingerprint density at radius 3 is 2.64 bits per heavy atom. The van der Waals surface area contributed by atoms with Crippen LogP contribution in [-0.4, -0.2) is 33.7 Å². The second-order valence-corrected chi connectivity index (χ2v) is 6.92. The van der Waals surface area contributed by atoms with Crippen molar-refractivity contribution < 1.29 is 9.84 Å². The molecular formula is C20H19N3O3S2. The number of hydrogen-bond donors (Lipinski definition) is 2. The molecule has 1 aromatic heterocycles. The van der Waals surface area contributed by atoms with Gasteiger partial charge in [-0.15, -0.1) is 11.8 Å². The zero-order valence-corrected chi connectivity index (χ0v) is 17.0. The highest BCUT2D eigenvalue weighted by molar-refractivity contribution is 7.98. The van der Waals surface area contributed by atoms with Gasteiger partial charge in [-0.25, -0.2) is 0 Å². The number of nitrogens with zero attached hydrogens (tertiary/aromatic N) is 2. The summed E-state index contributed by atoms with van der Waals surface area (Å²) in [6.07, 6.45) is 3.30. The molecule has 0 radical (unpaired) electrons. The quantitative estimate of drug-likeness (QED) is 0.354. The molecular weight excluding hydrogens is 394 g/mol. The Hall–Kier alpha value is -2.84. The van der Waals surface area contributed by atoms with E-state index in [1.54, 1.807) is 36.0 Å². The molecule has 0 aliphatic rings. The largest absolute Gasteiger partial charge is 0.494 e. The van der Waals surface area contributed by atoms with E-state index in [0.29, 0.717) is 23.7 Å². The maximum atomic E-state index is 12.3. The number of benzene rings is 2. The third-order valence-electron chi connectivity index (χ3n) is 3.94. The van der Waals surface area contributed by atoms with Gasteiger partial charge in [0.15, 0.2) is 4.77 Å². The molecule has 0 atom stereocenters. The summed E-state index contributed by atoms with van der Waals surface area (Å²) in [6, 6.07) is 14.6. The highest BCUT2D eigenvalue weighted by Crippen LogP contribution is 2.27. The maximum Gasteiger partial charge on any atom is 0.264 e. The van der Waals surface area contributed by atoms with E-state index in [1.807, 2.05) is 37.4 Å². The lowest BCUT2D eigenvalue weighted by Crippen LogP contribution is -2.18. The summed E-state index contributed by atoms with van der Waals surface area (Å²) >= 11 is 6.79. The lowest BCUT2D eigenvalue weighted by Gasteiger charge is -2.12. The zero-order chi connectivity index (χ0) is 20.1. The van der Waals surface area contributed by atoms with E-state index >= 15 is 0 Å². The summed E-state index contributed by atoms with van der Waals surface area (Å²) in [5.41, 5.74) is 0.832. The van der Waals surface area contributed by atoms with Gasteiger partial charge in [-0.2, -0.15) is 0 Å². The van der Waals surface area contributed by atoms with Crippen molar-refractivity contribution in [2.45, 2.75) is 11.8 Å². The second kappa shape index (κ2) is 8.90. The minimum Gasteiger partial charge on any atom is -0.494 e. The highest BCUT2D eigenvalue weighted by Gasteiger charge is 2.13. The number of nitrogens with one attached hydrogen (secondary N) is 1. The standard InChI is InChI=1S/C20H19N3O3S2/c1-3-26-14-10-8-13(9-11-14)23-19(25)15(18(24)22-20(23)27)12-21-16-6-4-5-7-17(16)28-2/h4-12,25H,3H2,1-2H3,(H,22,24,27). The number of aromatic amines is 1. The Kier molecular flexibility index (Phi) is 6.33. The van der Waals surface area contributed by atoms with Crippen LogP contribution < -0.4 is 10.3 Å². The number of H-pyrrole nitrogens is 1. The van der Waals surface area contributed by atoms with Crippen LogP contribution in [-0.2, 0) is 0 Å². The van der Waals surface area contributed by atoms with Gasteiger partial charge in [0.1, 0.15) is 11.3 Å². The number of aromatic hydroxyl groups is 1. The van der Waals surface area contributed by atoms with Crippen LogP contribution in [0.4, 0.5) is 5.69 Å². The molecule has 0 bridgehead atoms. The van der Waals surface area contributed by atoms with Crippen LogP contribution in [0.1, 0.15) is 12.5 Å². The number of thioether (sulfide) groups is 1. The van der Waals surface area contributed by atoms with Crippen LogP contribution in [0.5, 0.6) is 11.6 Å². The fourth-order valence-corrected chi connectivity index (χ4v) is 3.45. The maximum absolute atomic E-state index is 12.3. The number of ether oxygens (including phenoxy) is 1. The van der Waals surface area contributed by atoms with Crippen molar-refractivity contribution in [1.29, 1.82) is 0 Å². The average molecular weight is 414 g/mol. The Morgan fingerprint density at radius 1 is 1.25 bits per heavy atom. The molecule has 0 fully saturated rings. The van der Waals surface area contributed by atoms with Crippen molar-refractivity contribution in [3.8, 4) is 17.3 Å². The van der Waals surface area contributed by atoms with Crippen molar-refractivity contribution in [1.82, 2.24) is 9.55 Å². The van der Waals surface area contributed by atoms with Gasteiger partial charge in [0.05, 0.1) is 18.0 Å². The van der Waals surface area contributed by atoms with Crippen molar-refractivity contribution in [2.75, 3.05) is 12.9 Å².